The predicted molar refractivity (Wildman–Crippen MR) is 76.1 cm³/mol. The van der Waals surface area contributed by atoms with E-state index in [2.05, 4.69) is 31.9 Å². The van der Waals surface area contributed by atoms with Crippen LogP contribution in [0.1, 0.15) is 0 Å². The zero-order chi connectivity index (χ0) is 11.7. The van der Waals surface area contributed by atoms with Crippen molar-refractivity contribution in [1.82, 2.24) is 0 Å². The van der Waals surface area contributed by atoms with Crippen LogP contribution in [0.3, 0.4) is 0 Å². The van der Waals surface area contributed by atoms with Crippen molar-refractivity contribution in [3.63, 3.8) is 0 Å². The minimum Gasteiger partial charge on any atom is -0.399 e. The van der Waals surface area contributed by atoms with Crippen molar-refractivity contribution >= 4 is 43.2 Å². The first kappa shape index (κ1) is 11.5. The third-order valence-electron chi connectivity index (χ3n) is 2.33. The number of nitrogens with two attached hydrogens (primary N) is 2. The molecule has 0 bridgehead atoms. The lowest BCUT2D eigenvalue weighted by Crippen LogP contribution is -1.90. The van der Waals surface area contributed by atoms with Gasteiger partial charge in [-0.15, -0.1) is 0 Å². The molecule has 0 aliphatic rings. The van der Waals surface area contributed by atoms with Gasteiger partial charge in [0.15, 0.2) is 0 Å². The van der Waals surface area contributed by atoms with Crippen LogP contribution in [0.2, 0.25) is 0 Å². The van der Waals surface area contributed by atoms with E-state index in [0.29, 0.717) is 5.69 Å². The summed E-state index contributed by atoms with van der Waals surface area (Å²) in [6.07, 6.45) is 0. The van der Waals surface area contributed by atoms with Crippen LogP contribution in [0.15, 0.2) is 45.3 Å². The van der Waals surface area contributed by atoms with Crippen LogP contribution in [-0.2, 0) is 0 Å². The summed E-state index contributed by atoms with van der Waals surface area (Å²) in [4.78, 5) is 0. The Kier molecular flexibility index (Phi) is 3.21. The number of hydrogen-bond acceptors (Lipinski definition) is 2. The van der Waals surface area contributed by atoms with Gasteiger partial charge in [-0.05, 0) is 61.2 Å². The van der Waals surface area contributed by atoms with Crippen LogP contribution in [0.4, 0.5) is 11.4 Å². The molecule has 0 saturated carbocycles. The van der Waals surface area contributed by atoms with Gasteiger partial charge in [-0.2, -0.15) is 0 Å². The zero-order valence-corrected chi connectivity index (χ0v) is 11.5. The first-order chi connectivity index (χ1) is 7.59. The second-order valence-corrected chi connectivity index (χ2v) is 5.04. The molecule has 16 heavy (non-hydrogen) atoms. The molecule has 82 valence electrons. The van der Waals surface area contributed by atoms with Gasteiger partial charge in [0.2, 0.25) is 0 Å². The lowest BCUT2D eigenvalue weighted by molar-refractivity contribution is 1.54. The van der Waals surface area contributed by atoms with Crippen LogP contribution >= 0.6 is 31.9 Å². The second kappa shape index (κ2) is 4.47. The van der Waals surface area contributed by atoms with E-state index in [1.165, 1.54) is 0 Å². The molecule has 0 unspecified atom stereocenters. The number of halogens is 2. The Morgan fingerprint density at radius 1 is 0.750 bits per heavy atom. The average molecular weight is 342 g/mol. The van der Waals surface area contributed by atoms with Crippen molar-refractivity contribution in [1.29, 1.82) is 0 Å². The van der Waals surface area contributed by atoms with Gasteiger partial charge < -0.3 is 11.5 Å². The highest BCUT2D eigenvalue weighted by Crippen LogP contribution is 2.37. The molecular weight excluding hydrogens is 332 g/mol. The molecule has 2 nitrogen and oxygen atoms in total. The maximum Gasteiger partial charge on any atom is 0.0553 e. The number of rotatable bonds is 1. The fourth-order valence-corrected chi connectivity index (χ4v) is 2.39. The Bertz CT molecular complexity index is 521. The molecule has 0 spiro atoms. The molecule has 0 aromatic heterocycles. The summed E-state index contributed by atoms with van der Waals surface area (Å²) in [5, 5.41) is 0. The van der Waals surface area contributed by atoms with Gasteiger partial charge in [0.25, 0.3) is 0 Å². The number of nitrogen functional groups attached to an aromatic ring is 2. The van der Waals surface area contributed by atoms with E-state index in [-0.39, 0.29) is 0 Å². The highest BCUT2D eigenvalue weighted by molar-refractivity contribution is 9.13. The Balaban J connectivity index is 2.57. The Morgan fingerprint density at radius 3 is 2.00 bits per heavy atom. The summed E-state index contributed by atoms with van der Waals surface area (Å²) in [7, 11) is 0. The molecule has 0 atom stereocenters. The van der Waals surface area contributed by atoms with Gasteiger partial charge >= 0.3 is 0 Å². The first-order valence-electron chi connectivity index (χ1n) is 4.69. The molecule has 0 heterocycles. The number of hydrogen-bond donors (Lipinski definition) is 2. The standard InChI is InChI=1S/C12H10Br2N2/c13-11-9(5-6-10(16)12(11)14)7-1-3-8(15)4-2-7/h1-6H,15-16H2. The normalized spacial score (nSPS) is 10.4. The van der Waals surface area contributed by atoms with Crippen LogP contribution in [0.5, 0.6) is 0 Å². The smallest absolute Gasteiger partial charge is 0.0553 e. The molecule has 0 amide bonds. The molecular formula is C12H10Br2N2. The van der Waals surface area contributed by atoms with E-state index in [9.17, 15) is 0 Å². The van der Waals surface area contributed by atoms with Crippen molar-refractivity contribution < 1.29 is 0 Å². The maximum atomic E-state index is 5.79. The summed E-state index contributed by atoms with van der Waals surface area (Å²) in [6.45, 7) is 0. The minimum atomic E-state index is 0.714. The average Bonchev–Trinajstić information content (AvgIpc) is 2.28. The van der Waals surface area contributed by atoms with Gasteiger partial charge in [-0.3, -0.25) is 0 Å². The molecule has 0 radical (unpaired) electrons. The molecule has 2 rings (SSSR count). The van der Waals surface area contributed by atoms with E-state index in [1.807, 2.05) is 36.4 Å². The summed E-state index contributed by atoms with van der Waals surface area (Å²) < 4.78 is 1.83. The highest BCUT2D eigenvalue weighted by atomic mass is 79.9. The topological polar surface area (TPSA) is 52.0 Å². The molecule has 0 aliphatic heterocycles. The first-order valence-corrected chi connectivity index (χ1v) is 6.27. The van der Waals surface area contributed by atoms with Crippen molar-refractivity contribution in [3.05, 3.63) is 45.3 Å². The van der Waals surface area contributed by atoms with E-state index in [4.69, 9.17) is 11.5 Å². The molecule has 4 N–H and O–H groups in total. The summed E-state index contributed by atoms with van der Waals surface area (Å²) in [6, 6.07) is 11.6. The molecule has 0 saturated heterocycles. The zero-order valence-electron chi connectivity index (χ0n) is 8.37. The monoisotopic (exact) mass is 340 g/mol. The fraction of sp³-hybridized carbons (Fsp3) is 0. The lowest BCUT2D eigenvalue weighted by atomic mass is 10.1. The SMILES string of the molecule is Nc1ccc(-c2ccc(N)c(Br)c2Br)cc1. The molecule has 2 aromatic rings. The van der Waals surface area contributed by atoms with Gasteiger partial charge in [0.1, 0.15) is 0 Å². The quantitative estimate of drug-likeness (QED) is 0.769. The van der Waals surface area contributed by atoms with E-state index < -0.39 is 0 Å². The third kappa shape index (κ3) is 2.08. The maximum absolute atomic E-state index is 5.79. The predicted octanol–water partition coefficient (Wildman–Crippen LogP) is 4.04. The second-order valence-electron chi connectivity index (χ2n) is 3.45. The minimum absolute atomic E-state index is 0.714. The number of benzene rings is 2. The van der Waals surface area contributed by atoms with Gasteiger partial charge in [-0.1, -0.05) is 18.2 Å². The Hall–Kier alpha value is -1.00. The van der Waals surface area contributed by atoms with Gasteiger partial charge in [0, 0.05) is 15.8 Å². The Labute approximate surface area is 111 Å². The third-order valence-corrected chi connectivity index (χ3v) is 4.54. The van der Waals surface area contributed by atoms with E-state index in [0.717, 1.165) is 25.8 Å². The molecule has 2 aromatic carbocycles. The van der Waals surface area contributed by atoms with Crippen LogP contribution in [0, 0.1) is 0 Å². The van der Waals surface area contributed by atoms with Crippen molar-refractivity contribution in [2.45, 2.75) is 0 Å². The van der Waals surface area contributed by atoms with E-state index in [1.54, 1.807) is 0 Å². The van der Waals surface area contributed by atoms with Crippen LogP contribution < -0.4 is 11.5 Å². The summed E-state index contributed by atoms with van der Waals surface area (Å²) in [5.74, 6) is 0. The lowest BCUT2D eigenvalue weighted by Gasteiger charge is -2.08. The van der Waals surface area contributed by atoms with Crippen LogP contribution in [0.25, 0.3) is 11.1 Å². The molecule has 4 heteroatoms. The Morgan fingerprint density at radius 2 is 1.38 bits per heavy atom. The molecule has 0 aliphatic carbocycles. The van der Waals surface area contributed by atoms with Crippen molar-refractivity contribution in [2.24, 2.45) is 0 Å². The van der Waals surface area contributed by atoms with Crippen LogP contribution in [-0.4, -0.2) is 0 Å². The summed E-state index contributed by atoms with van der Waals surface area (Å²) >= 11 is 6.97. The van der Waals surface area contributed by atoms with Gasteiger partial charge in [-0.25, -0.2) is 0 Å². The highest BCUT2D eigenvalue weighted by Gasteiger charge is 2.08. The molecule has 0 fully saturated rings. The van der Waals surface area contributed by atoms with Crippen molar-refractivity contribution in [3.8, 4) is 11.1 Å². The van der Waals surface area contributed by atoms with Gasteiger partial charge in [0.05, 0.1) is 4.47 Å². The van der Waals surface area contributed by atoms with Crippen molar-refractivity contribution in [2.75, 3.05) is 11.5 Å². The largest absolute Gasteiger partial charge is 0.399 e. The summed E-state index contributed by atoms with van der Waals surface area (Å²) in [5.41, 5.74) is 15.1. The van der Waals surface area contributed by atoms with E-state index >= 15 is 0 Å². The number of anilines is 2. The fourth-order valence-electron chi connectivity index (χ4n) is 1.45.